The first-order valence-corrected chi connectivity index (χ1v) is 6.81. The first-order valence-electron chi connectivity index (χ1n) is 6.06. The molecule has 0 radical (unpaired) electrons. The number of ether oxygens (including phenoxy) is 1. The third kappa shape index (κ3) is 3.83. The first-order chi connectivity index (χ1) is 10.0. The van der Waals surface area contributed by atoms with E-state index in [1.165, 1.54) is 30.5 Å². The zero-order valence-electron chi connectivity index (χ0n) is 11.0. The number of nitrogens with one attached hydrogen (secondary N) is 1. The predicted molar refractivity (Wildman–Crippen MR) is 79.8 cm³/mol. The lowest BCUT2D eigenvalue weighted by molar-refractivity contribution is 0.102. The Labute approximate surface area is 130 Å². The van der Waals surface area contributed by atoms with Crippen molar-refractivity contribution in [2.75, 3.05) is 11.9 Å². The molecule has 0 saturated heterocycles. The van der Waals surface area contributed by atoms with Gasteiger partial charge in [0.1, 0.15) is 5.15 Å². The SMILES string of the molecule is CCOc1ccc(NC(=O)c2cnc(Cl)c(Cl)c2)cc1F. The standard InChI is InChI=1S/C14H11Cl2FN2O2/c1-2-21-12-4-3-9(6-11(12)17)19-14(20)8-5-10(15)13(16)18-7-8/h3-7H,2H2,1H3,(H,19,20). The van der Waals surface area contributed by atoms with Crippen LogP contribution in [-0.4, -0.2) is 17.5 Å². The summed E-state index contributed by atoms with van der Waals surface area (Å²) in [6.07, 6.45) is 1.29. The van der Waals surface area contributed by atoms with Crippen LogP contribution in [0.3, 0.4) is 0 Å². The third-order valence-corrected chi connectivity index (χ3v) is 3.23. The average molecular weight is 329 g/mol. The van der Waals surface area contributed by atoms with Crippen molar-refractivity contribution in [1.82, 2.24) is 4.98 Å². The Morgan fingerprint density at radius 1 is 1.38 bits per heavy atom. The van der Waals surface area contributed by atoms with E-state index in [-0.39, 0.29) is 21.5 Å². The quantitative estimate of drug-likeness (QED) is 0.856. The highest BCUT2D eigenvalue weighted by atomic mass is 35.5. The summed E-state index contributed by atoms with van der Waals surface area (Å²) in [5.41, 5.74) is 0.519. The Kier molecular flexibility index (Phi) is 4.98. The second kappa shape index (κ2) is 6.74. The molecule has 0 unspecified atom stereocenters. The summed E-state index contributed by atoms with van der Waals surface area (Å²) in [5, 5.41) is 2.82. The van der Waals surface area contributed by atoms with Gasteiger partial charge in [-0.1, -0.05) is 23.2 Å². The van der Waals surface area contributed by atoms with Crippen LogP contribution in [0, 0.1) is 5.82 Å². The minimum Gasteiger partial charge on any atom is -0.491 e. The Morgan fingerprint density at radius 2 is 2.14 bits per heavy atom. The number of rotatable bonds is 4. The van der Waals surface area contributed by atoms with E-state index < -0.39 is 11.7 Å². The maximum atomic E-state index is 13.7. The number of amides is 1. The largest absolute Gasteiger partial charge is 0.491 e. The van der Waals surface area contributed by atoms with Crippen LogP contribution in [0.2, 0.25) is 10.2 Å². The average Bonchev–Trinajstić information content (AvgIpc) is 2.45. The number of pyridine rings is 1. The van der Waals surface area contributed by atoms with Crippen LogP contribution in [0.25, 0.3) is 0 Å². The number of halogens is 3. The molecule has 0 aliphatic carbocycles. The van der Waals surface area contributed by atoms with E-state index in [1.807, 2.05) is 0 Å². The van der Waals surface area contributed by atoms with Crippen LogP contribution in [0.5, 0.6) is 5.75 Å². The van der Waals surface area contributed by atoms with E-state index in [2.05, 4.69) is 10.3 Å². The van der Waals surface area contributed by atoms with E-state index in [1.54, 1.807) is 6.92 Å². The van der Waals surface area contributed by atoms with E-state index >= 15 is 0 Å². The number of aromatic nitrogens is 1. The molecule has 1 amide bonds. The van der Waals surface area contributed by atoms with Gasteiger partial charge in [-0.2, -0.15) is 0 Å². The van der Waals surface area contributed by atoms with Gasteiger partial charge in [-0.25, -0.2) is 9.37 Å². The number of hydrogen-bond donors (Lipinski definition) is 1. The van der Waals surface area contributed by atoms with Crippen LogP contribution in [-0.2, 0) is 0 Å². The lowest BCUT2D eigenvalue weighted by atomic mass is 10.2. The monoisotopic (exact) mass is 328 g/mol. The Balaban J connectivity index is 2.15. The molecule has 2 aromatic rings. The summed E-state index contributed by atoms with van der Waals surface area (Å²) in [6, 6.07) is 5.55. The molecule has 1 aromatic carbocycles. The van der Waals surface area contributed by atoms with Gasteiger partial charge in [0.05, 0.1) is 17.2 Å². The molecule has 0 bridgehead atoms. The Morgan fingerprint density at radius 3 is 2.76 bits per heavy atom. The van der Waals surface area contributed by atoms with E-state index in [9.17, 15) is 9.18 Å². The van der Waals surface area contributed by atoms with Crippen LogP contribution >= 0.6 is 23.2 Å². The molecule has 1 heterocycles. The molecule has 110 valence electrons. The molecule has 21 heavy (non-hydrogen) atoms. The van der Waals surface area contributed by atoms with Crippen molar-refractivity contribution in [2.45, 2.75) is 6.92 Å². The van der Waals surface area contributed by atoms with E-state index in [0.29, 0.717) is 12.3 Å². The number of hydrogen-bond acceptors (Lipinski definition) is 3. The highest BCUT2D eigenvalue weighted by molar-refractivity contribution is 6.41. The molecule has 0 fully saturated rings. The summed E-state index contributed by atoms with van der Waals surface area (Å²) in [7, 11) is 0. The van der Waals surface area contributed by atoms with Crippen LogP contribution in [0.4, 0.5) is 10.1 Å². The van der Waals surface area contributed by atoms with Gasteiger partial charge in [-0.3, -0.25) is 4.79 Å². The molecule has 1 aromatic heterocycles. The van der Waals surface area contributed by atoms with Crippen molar-refractivity contribution in [2.24, 2.45) is 0 Å². The lowest BCUT2D eigenvalue weighted by Crippen LogP contribution is -2.12. The van der Waals surface area contributed by atoms with Gasteiger partial charge in [0.15, 0.2) is 11.6 Å². The molecule has 1 N–H and O–H groups in total. The zero-order valence-corrected chi connectivity index (χ0v) is 12.5. The smallest absolute Gasteiger partial charge is 0.257 e. The third-order valence-electron chi connectivity index (χ3n) is 2.55. The molecule has 4 nitrogen and oxygen atoms in total. The van der Waals surface area contributed by atoms with Gasteiger partial charge in [-0.05, 0) is 25.1 Å². The summed E-state index contributed by atoms with van der Waals surface area (Å²) in [4.78, 5) is 15.8. The second-order valence-corrected chi connectivity index (χ2v) is 4.79. The van der Waals surface area contributed by atoms with Crippen molar-refractivity contribution in [3.05, 3.63) is 52.0 Å². The minimum atomic E-state index is -0.554. The lowest BCUT2D eigenvalue weighted by Gasteiger charge is -2.08. The van der Waals surface area contributed by atoms with Crippen LogP contribution < -0.4 is 10.1 Å². The maximum absolute atomic E-state index is 13.7. The Bertz CT molecular complexity index is 680. The fraction of sp³-hybridized carbons (Fsp3) is 0.143. The predicted octanol–water partition coefficient (Wildman–Crippen LogP) is 4.18. The molecule has 0 atom stereocenters. The highest BCUT2D eigenvalue weighted by Gasteiger charge is 2.11. The van der Waals surface area contributed by atoms with Crippen molar-refractivity contribution in [3.63, 3.8) is 0 Å². The van der Waals surface area contributed by atoms with Gasteiger partial charge >= 0.3 is 0 Å². The van der Waals surface area contributed by atoms with Crippen molar-refractivity contribution in [3.8, 4) is 5.75 Å². The number of carbonyl (C=O) groups is 1. The minimum absolute atomic E-state index is 0.111. The fourth-order valence-electron chi connectivity index (χ4n) is 1.60. The van der Waals surface area contributed by atoms with Gasteiger partial charge < -0.3 is 10.1 Å². The molecule has 0 aliphatic rings. The second-order valence-electron chi connectivity index (χ2n) is 4.03. The molecule has 0 aliphatic heterocycles. The fourth-order valence-corrected chi connectivity index (χ4v) is 1.87. The summed E-state index contributed by atoms with van der Waals surface area (Å²) in [6.45, 7) is 2.12. The van der Waals surface area contributed by atoms with Crippen LogP contribution in [0.1, 0.15) is 17.3 Å². The van der Waals surface area contributed by atoms with Gasteiger partial charge in [0, 0.05) is 18.0 Å². The van der Waals surface area contributed by atoms with E-state index in [0.717, 1.165) is 0 Å². The maximum Gasteiger partial charge on any atom is 0.257 e. The summed E-state index contributed by atoms with van der Waals surface area (Å²) < 4.78 is 18.8. The summed E-state index contributed by atoms with van der Waals surface area (Å²) in [5.74, 6) is -0.891. The summed E-state index contributed by atoms with van der Waals surface area (Å²) >= 11 is 11.5. The van der Waals surface area contributed by atoms with Gasteiger partial charge in [0.25, 0.3) is 5.91 Å². The number of anilines is 1. The molecule has 0 spiro atoms. The highest BCUT2D eigenvalue weighted by Crippen LogP contribution is 2.23. The number of benzene rings is 1. The van der Waals surface area contributed by atoms with Crippen molar-refractivity contribution < 1.29 is 13.9 Å². The van der Waals surface area contributed by atoms with Gasteiger partial charge in [-0.15, -0.1) is 0 Å². The Hall–Kier alpha value is -1.85. The zero-order chi connectivity index (χ0) is 15.4. The molecule has 2 rings (SSSR count). The normalized spacial score (nSPS) is 10.3. The molecular formula is C14H11Cl2FN2O2. The number of nitrogens with zero attached hydrogens (tertiary/aromatic N) is 1. The van der Waals surface area contributed by atoms with Crippen molar-refractivity contribution >= 4 is 34.8 Å². The molecule has 0 saturated carbocycles. The molecular weight excluding hydrogens is 318 g/mol. The van der Waals surface area contributed by atoms with Crippen LogP contribution in [0.15, 0.2) is 30.5 Å². The van der Waals surface area contributed by atoms with E-state index in [4.69, 9.17) is 27.9 Å². The van der Waals surface area contributed by atoms with Gasteiger partial charge in [0.2, 0.25) is 0 Å². The molecule has 7 heteroatoms. The number of carbonyl (C=O) groups excluding carboxylic acids is 1. The van der Waals surface area contributed by atoms with Crippen molar-refractivity contribution in [1.29, 1.82) is 0 Å². The topological polar surface area (TPSA) is 51.2 Å². The first kappa shape index (κ1) is 15.5.